The van der Waals surface area contributed by atoms with Gasteiger partial charge in [-0.25, -0.2) is 18.7 Å². The minimum Gasteiger partial charge on any atom is -0.494 e. The predicted molar refractivity (Wildman–Crippen MR) is 166 cm³/mol. The lowest BCUT2D eigenvalue weighted by Gasteiger charge is -2.33. The summed E-state index contributed by atoms with van der Waals surface area (Å²) in [6.45, 7) is 3.01. The monoisotopic (exact) mass is 658 g/mol. The van der Waals surface area contributed by atoms with Gasteiger partial charge < -0.3 is 25.6 Å². The minimum atomic E-state index is -2.36. The van der Waals surface area contributed by atoms with Crippen LogP contribution in [0, 0.1) is 12.7 Å². The van der Waals surface area contributed by atoms with E-state index in [9.17, 15) is 19.1 Å². The molecule has 0 spiro atoms. The number of aliphatic hydroxyl groups is 1. The number of carbonyl (C=O) groups excluding carboxylic acids is 2. The van der Waals surface area contributed by atoms with Crippen molar-refractivity contribution in [2.75, 3.05) is 20.3 Å². The molecule has 236 valence electrons. The number of alkyl halides is 1. The largest absolute Gasteiger partial charge is 0.494 e. The van der Waals surface area contributed by atoms with Crippen LogP contribution in [0.15, 0.2) is 42.5 Å². The molecule has 13 heteroatoms. The Balaban J connectivity index is 1.59. The maximum absolute atomic E-state index is 16.1. The van der Waals surface area contributed by atoms with Crippen LogP contribution < -0.4 is 20.5 Å². The number of nitrogens with two attached hydrogens (primary N) is 1. The fraction of sp³-hybridized carbons (Fsp3) is 0.312. The molecule has 2 aromatic heterocycles. The number of fused-ring (bicyclic) bond motifs is 1. The Hall–Kier alpha value is -4.06. The summed E-state index contributed by atoms with van der Waals surface area (Å²) in [4.78, 5) is 34.5. The fourth-order valence-corrected chi connectivity index (χ4v) is 5.62. The van der Waals surface area contributed by atoms with Crippen LogP contribution >= 0.6 is 23.2 Å². The summed E-state index contributed by atoms with van der Waals surface area (Å²) in [5.41, 5.74) is 2.52. The van der Waals surface area contributed by atoms with Crippen molar-refractivity contribution >= 4 is 45.9 Å². The molecule has 4 N–H and O–H groups in total. The van der Waals surface area contributed by atoms with Gasteiger partial charge in [0.05, 0.1) is 48.1 Å². The molecule has 1 saturated carbocycles. The number of aromatic nitrogens is 2. The average Bonchev–Trinajstić information content (AvgIpc) is 3.75. The number of hydrogen-bond donors (Lipinski definition) is 3. The Bertz CT molecular complexity index is 1840. The molecule has 5 rings (SSSR count). The predicted octanol–water partition coefficient (Wildman–Crippen LogP) is 5.61. The van der Waals surface area contributed by atoms with Gasteiger partial charge in [0.15, 0.2) is 5.60 Å². The first kappa shape index (κ1) is 32.3. The van der Waals surface area contributed by atoms with Crippen LogP contribution in [0.4, 0.5) is 8.78 Å². The number of hydrogen-bond acceptors (Lipinski definition) is 7. The zero-order valence-electron chi connectivity index (χ0n) is 24.6. The van der Waals surface area contributed by atoms with Crippen LogP contribution in [0.25, 0.3) is 22.2 Å². The number of ether oxygens (including phenoxy) is 2. The molecule has 0 aliphatic heterocycles. The smallest absolute Gasteiger partial charge is 0.251 e. The normalized spacial score (nSPS) is 14.9. The summed E-state index contributed by atoms with van der Waals surface area (Å²) in [5, 5.41) is 15.6. The molecule has 1 atom stereocenters. The maximum Gasteiger partial charge on any atom is 0.251 e. The van der Waals surface area contributed by atoms with Gasteiger partial charge in [0.2, 0.25) is 5.91 Å². The van der Waals surface area contributed by atoms with E-state index in [-0.39, 0.29) is 64.7 Å². The second-order valence-electron chi connectivity index (χ2n) is 10.9. The van der Waals surface area contributed by atoms with E-state index in [2.05, 4.69) is 15.3 Å². The number of methoxy groups -OCH3 is 1. The van der Waals surface area contributed by atoms with Crippen LogP contribution in [0.2, 0.25) is 10.0 Å². The highest BCUT2D eigenvalue weighted by atomic mass is 35.5. The van der Waals surface area contributed by atoms with Crippen LogP contribution in [-0.2, 0) is 16.8 Å². The molecule has 1 fully saturated rings. The molecular formula is C32H30Cl2F2N4O5. The Labute approximate surface area is 267 Å². The third-order valence-corrected chi connectivity index (χ3v) is 8.44. The van der Waals surface area contributed by atoms with Gasteiger partial charge in [-0.05, 0) is 69.2 Å². The highest BCUT2D eigenvalue weighted by Gasteiger charge is 2.62. The van der Waals surface area contributed by atoms with E-state index in [1.807, 2.05) is 0 Å². The Morgan fingerprint density at radius 3 is 2.49 bits per heavy atom. The number of aryl methyl sites for hydroxylation is 1. The molecule has 4 aromatic rings. The number of primary amides is 1. The van der Waals surface area contributed by atoms with Crippen molar-refractivity contribution in [3.63, 3.8) is 0 Å². The quantitative estimate of drug-likeness (QED) is 0.191. The zero-order valence-corrected chi connectivity index (χ0v) is 26.2. The molecule has 0 bridgehead atoms. The van der Waals surface area contributed by atoms with E-state index in [4.69, 9.17) is 38.4 Å². The van der Waals surface area contributed by atoms with Gasteiger partial charge in [-0.1, -0.05) is 23.2 Å². The van der Waals surface area contributed by atoms with Gasteiger partial charge in [0, 0.05) is 22.1 Å². The molecule has 45 heavy (non-hydrogen) atoms. The summed E-state index contributed by atoms with van der Waals surface area (Å²) in [6.07, 6.45) is -0.371. The average molecular weight is 660 g/mol. The number of carbonyl (C=O) groups is 2. The number of halogens is 4. The SMILES string of the molecule is CCOc1c(CC(N)=O)cc([C@@](O)(CNC(=O)c2cc(OC)c3nc(C)c(Cl)cc3c2)C2(F)CC2)nc1-c1ccc(F)cc1Cl. The number of amides is 2. The van der Waals surface area contributed by atoms with Gasteiger partial charge >= 0.3 is 0 Å². The van der Waals surface area contributed by atoms with Crippen LogP contribution in [0.5, 0.6) is 11.5 Å². The zero-order chi connectivity index (χ0) is 32.7. The van der Waals surface area contributed by atoms with Crippen LogP contribution in [0.3, 0.4) is 0 Å². The second-order valence-corrected chi connectivity index (χ2v) is 11.7. The highest BCUT2D eigenvalue weighted by Crippen LogP contribution is 2.54. The van der Waals surface area contributed by atoms with Gasteiger partial charge in [-0.2, -0.15) is 0 Å². The number of nitrogens with zero attached hydrogens (tertiary/aromatic N) is 2. The standard InChI is InChI=1S/C32H30Cl2F2N4O5/c1-4-45-29-18(13-26(37)41)12-25(40-28(29)21-6-5-20(35)14-23(21)34)32(43,31(36)7-8-31)15-38-30(42)19-9-17-10-22(33)16(2)39-27(17)24(11-19)44-3/h5-6,9-12,14,43H,4,7-8,13,15H2,1-3H3,(H2,37,41)(H,38,42)/t32-/m0/s1. The lowest BCUT2D eigenvalue weighted by atomic mass is 9.88. The minimum absolute atomic E-state index is 0.0145. The van der Waals surface area contributed by atoms with Crippen LogP contribution in [-0.4, -0.2) is 52.8 Å². The summed E-state index contributed by atoms with van der Waals surface area (Å²) in [5.74, 6) is -1.53. The van der Waals surface area contributed by atoms with E-state index < -0.39 is 35.4 Å². The molecule has 0 unspecified atom stereocenters. The van der Waals surface area contributed by atoms with Crippen LogP contribution in [0.1, 0.15) is 47.1 Å². The maximum atomic E-state index is 16.1. The van der Waals surface area contributed by atoms with E-state index >= 15 is 4.39 Å². The van der Waals surface area contributed by atoms with Crippen molar-refractivity contribution in [1.29, 1.82) is 0 Å². The lowest BCUT2D eigenvalue weighted by Crippen LogP contribution is -2.49. The molecular weight excluding hydrogens is 629 g/mol. The summed E-state index contributed by atoms with van der Waals surface area (Å²) < 4.78 is 41.3. The second kappa shape index (κ2) is 12.4. The number of nitrogens with one attached hydrogen (secondary N) is 1. The Morgan fingerprint density at radius 1 is 1.13 bits per heavy atom. The summed E-state index contributed by atoms with van der Waals surface area (Å²) in [6, 6.07) is 9.61. The van der Waals surface area contributed by atoms with Crippen molar-refractivity contribution in [2.45, 2.75) is 44.4 Å². The Kier molecular flexibility index (Phi) is 8.90. The van der Waals surface area contributed by atoms with Crippen molar-refractivity contribution in [2.24, 2.45) is 5.73 Å². The molecule has 0 radical (unpaired) electrons. The van der Waals surface area contributed by atoms with Crippen molar-refractivity contribution < 1.29 is 33.0 Å². The first-order valence-corrected chi connectivity index (χ1v) is 14.8. The lowest BCUT2D eigenvalue weighted by molar-refractivity contribution is -0.117. The molecule has 1 aliphatic rings. The first-order chi connectivity index (χ1) is 21.3. The highest BCUT2D eigenvalue weighted by molar-refractivity contribution is 6.33. The third-order valence-electron chi connectivity index (χ3n) is 7.74. The van der Waals surface area contributed by atoms with E-state index in [0.29, 0.717) is 27.4 Å². The number of rotatable bonds is 11. The molecule has 0 saturated heterocycles. The van der Waals surface area contributed by atoms with Gasteiger partial charge in [-0.3, -0.25) is 9.59 Å². The summed E-state index contributed by atoms with van der Waals surface area (Å²) in [7, 11) is 1.44. The van der Waals surface area contributed by atoms with Crippen molar-refractivity contribution in [3.8, 4) is 22.8 Å². The molecule has 2 heterocycles. The molecule has 9 nitrogen and oxygen atoms in total. The van der Waals surface area contributed by atoms with Gasteiger partial charge in [0.25, 0.3) is 5.91 Å². The van der Waals surface area contributed by atoms with Crippen molar-refractivity contribution in [1.82, 2.24) is 15.3 Å². The fourth-order valence-electron chi connectivity index (χ4n) is 5.21. The molecule has 1 aliphatic carbocycles. The molecule has 2 amide bonds. The number of pyridine rings is 2. The molecule has 2 aromatic carbocycles. The van der Waals surface area contributed by atoms with Gasteiger partial charge in [-0.15, -0.1) is 0 Å². The first-order valence-electron chi connectivity index (χ1n) is 14.1. The number of benzene rings is 2. The van der Waals surface area contributed by atoms with E-state index in [1.54, 1.807) is 26.0 Å². The third kappa shape index (κ3) is 6.25. The van der Waals surface area contributed by atoms with Crippen molar-refractivity contribution in [3.05, 3.63) is 80.8 Å². The van der Waals surface area contributed by atoms with E-state index in [1.165, 1.54) is 25.3 Å². The summed E-state index contributed by atoms with van der Waals surface area (Å²) >= 11 is 12.6. The van der Waals surface area contributed by atoms with E-state index in [0.717, 1.165) is 12.1 Å². The Morgan fingerprint density at radius 2 is 1.87 bits per heavy atom. The topological polar surface area (TPSA) is 137 Å². The van der Waals surface area contributed by atoms with Gasteiger partial charge in [0.1, 0.15) is 34.2 Å².